The second kappa shape index (κ2) is 4.31. The second-order valence-corrected chi connectivity index (χ2v) is 4.10. The van der Waals surface area contributed by atoms with E-state index in [4.69, 9.17) is 0 Å². The lowest BCUT2D eigenvalue weighted by Gasteiger charge is -2.12. The predicted octanol–water partition coefficient (Wildman–Crippen LogP) is 0.698. The zero-order valence-electron chi connectivity index (χ0n) is 8.56. The van der Waals surface area contributed by atoms with Crippen LogP contribution >= 0.6 is 11.3 Å². The zero-order valence-corrected chi connectivity index (χ0v) is 9.37. The summed E-state index contributed by atoms with van der Waals surface area (Å²) in [6.45, 7) is 0.0884. The summed E-state index contributed by atoms with van der Waals surface area (Å²) in [5.41, 5.74) is 0. The van der Waals surface area contributed by atoms with Gasteiger partial charge in [0.25, 0.3) is 5.91 Å². The molecule has 0 aromatic carbocycles. The summed E-state index contributed by atoms with van der Waals surface area (Å²) in [6, 6.07) is 3.22. The van der Waals surface area contributed by atoms with Gasteiger partial charge >= 0.3 is 6.03 Å². The standard InChI is InChI=1S/C9H10N4O2S/c1-13-7(14)5-10-8(13)12-9(15)11-6-3-2-4-16-6/h2-4H,5H2,1H3,(H2,10,11,12,15). The van der Waals surface area contributed by atoms with Crippen LogP contribution in [0.3, 0.4) is 0 Å². The van der Waals surface area contributed by atoms with E-state index in [0.717, 1.165) is 5.00 Å². The average molecular weight is 238 g/mol. The third-order valence-corrected chi connectivity index (χ3v) is 2.82. The number of urea groups is 1. The Morgan fingerprint density at radius 1 is 1.56 bits per heavy atom. The zero-order chi connectivity index (χ0) is 11.5. The Labute approximate surface area is 96.0 Å². The summed E-state index contributed by atoms with van der Waals surface area (Å²) < 4.78 is 0. The number of hydrogen-bond donors (Lipinski definition) is 2. The van der Waals surface area contributed by atoms with Gasteiger partial charge in [0.05, 0.1) is 5.00 Å². The number of thiophene rings is 1. The van der Waals surface area contributed by atoms with Crippen LogP contribution in [0.5, 0.6) is 0 Å². The molecule has 0 spiro atoms. The molecule has 1 aliphatic heterocycles. The van der Waals surface area contributed by atoms with Crippen molar-refractivity contribution in [2.24, 2.45) is 4.99 Å². The van der Waals surface area contributed by atoms with Crippen molar-refractivity contribution in [2.75, 3.05) is 18.9 Å². The fourth-order valence-corrected chi connectivity index (χ4v) is 1.80. The van der Waals surface area contributed by atoms with E-state index in [0.29, 0.717) is 0 Å². The number of hydrogen-bond acceptors (Lipinski definition) is 4. The van der Waals surface area contributed by atoms with Crippen LogP contribution in [-0.2, 0) is 4.79 Å². The van der Waals surface area contributed by atoms with Gasteiger partial charge in [0.1, 0.15) is 6.54 Å². The first kappa shape index (κ1) is 10.6. The number of amides is 3. The van der Waals surface area contributed by atoms with Crippen LogP contribution in [0.1, 0.15) is 0 Å². The molecule has 84 valence electrons. The van der Waals surface area contributed by atoms with Crippen molar-refractivity contribution in [2.45, 2.75) is 0 Å². The molecule has 0 radical (unpaired) electrons. The topological polar surface area (TPSA) is 73.8 Å². The third kappa shape index (κ3) is 2.19. The highest BCUT2D eigenvalue weighted by atomic mass is 32.1. The lowest BCUT2D eigenvalue weighted by atomic mass is 10.6. The van der Waals surface area contributed by atoms with Gasteiger partial charge in [0, 0.05) is 7.05 Å². The molecule has 2 rings (SSSR count). The predicted molar refractivity (Wildman–Crippen MR) is 61.5 cm³/mol. The minimum absolute atomic E-state index is 0.0884. The molecule has 0 fully saturated rings. The largest absolute Gasteiger partial charge is 0.326 e. The number of rotatable bonds is 1. The summed E-state index contributed by atoms with van der Waals surface area (Å²) in [5, 5.41) is 7.74. The van der Waals surface area contributed by atoms with Gasteiger partial charge in [-0.15, -0.1) is 11.3 Å². The Bertz CT molecular complexity index is 440. The molecule has 6 nitrogen and oxygen atoms in total. The summed E-state index contributed by atoms with van der Waals surface area (Å²) in [5.74, 6) is 0.144. The molecule has 0 aliphatic carbocycles. The number of aliphatic imine (C=N–C) groups is 1. The molecule has 16 heavy (non-hydrogen) atoms. The molecule has 0 unspecified atom stereocenters. The summed E-state index contributed by atoms with van der Waals surface area (Å²) >= 11 is 1.42. The Kier molecular flexibility index (Phi) is 2.86. The second-order valence-electron chi connectivity index (χ2n) is 3.15. The van der Waals surface area contributed by atoms with Crippen LogP contribution in [-0.4, -0.2) is 36.4 Å². The maximum Gasteiger partial charge on any atom is 0.326 e. The van der Waals surface area contributed by atoms with Crippen molar-refractivity contribution in [1.29, 1.82) is 0 Å². The van der Waals surface area contributed by atoms with Crippen LogP contribution in [0.25, 0.3) is 0 Å². The van der Waals surface area contributed by atoms with Gasteiger partial charge in [0.2, 0.25) is 5.96 Å². The van der Waals surface area contributed by atoms with Crippen molar-refractivity contribution in [3.63, 3.8) is 0 Å². The SMILES string of the molecule is CN1C(=O)CN=C1NC(=O)Nc1cccs1. The van der Waals surface area contributed by atoms with Gasteiger partial charge in [-0.25, -0.2) is 9.79 Å². The number of likely N-dealkylation sites (N-methyl/N-ethyl adjacent to an activating group) is 1. The van der Waals surface area contributed by atoms with E-state index in [9.17, 15) is 9.59 Å². The summed E-state index contributed by atoms with van der Waals surface area (Å²) in [7, 11) is 1.57. The first-order valence-corrected chi connectivity index (χ1v) is 5.47. The minimum atomic E-state index is -0.400. The molecule has 0 bridgehead atoms. The molecule has 0 saturated carbocycles. The molecule has 0 atom stereocenters. The molecule has 3 amide bonds. The van der Waals surface area contributed by atoms with Crippen molar-refractivity contribution >= 4 is 34.2 Å². The highest BCUT2D eigenvalue weighted by molar-refractivity contribution is 7.14. The Morgan fingerprint density at radius 2 is 2.38 bits per heavy atom. The fourth-order valence-electron chi connectivity index (χ4n) is 1.19. The lowest BCUT2D eigenvalue weighted by molar-refractivity contribution is -0.123. The number of nitrogens with one attached hydrogen (secondary N) is 2. The van der Waals surface area contributed by atoms with E-state index in [2.05, 4.69) is 15.6 Å². The molecule has 1 aromatic rings. The van der Waals surface area contributed by atoms with E-state index < -0.39 is 6.03 Å². The van der Waals surface area contributed by atoms with E-state index >= 15 is 0 Å². The van der Waals surface area contributed by atoms with Crippen LogP contribution in [0.2, 0.25) is 0 Å². The van der Waals surface area contributed by atoms with E-state index in [1.54, 1.807) is 13.1 Å². The summed E-state index contributed by atoms with van der Waals surface area (Å²) in [6.07, 6.45) is 0. The molecule has 0 saturated heterocycles. The average Bonchev–Trinajstić information content (AvgIpc) is 2.83. The quantitative estimate of drug-likeness (QED) is 0.755. The molecular weight excluding hydrogens is 228 g/mol. The number of anilines is 1. The maximum absolute atomic E-state index is 11.5. The van der Waals surface area contributed by atoms with Gasteiger partial charge in [-0.05, 0) is 17.5 Å². The Hall–Kier alpha value is -1.89. The monoisotopic (exact) mass is 238 g/mol. The van der Waals surface area contributed by atoms with Gasteiger partial charge in [-0.2, -0.15) is 0 Å². The van der Waals surface area contributed by atoms with Crippen LogP contribution in [0.15, 0.2) is 22.5 Å². The number of nitrogens with zero attached hydrogens (tertiary/aromatic N) is 2. The van der Waals surface area contributed by atoms with Crippen molar-refractivity contribution in [3.05, 3.63) is 17.5 Å². The van der Waals surface area contributed by atoms with Crippen LogP contribution in [0, 0.1) is 0 Å². The fraction of sp³-hybridized carbons (Fsp3) is 0.222. The maximum atomic E-state index is 11.5. The molecule has 2 N–H and O–H groups in total. The normalized spacial score (nSPS) is 14.9. The lowest BCUT2D eigenvalue weighted by Crippen LogP contribution is -2.43. The first-order chi connectivity index (χ1) is 7.66. The molecular formula is C9H10N4O2S. The van der Waals surface area contributed by atoms with Gasteiger partial charge in [0.15, 0.2) is 0 Å². The smallest absolute Gasteiger partial charge is 0.299 e. The van der Waals surface area contributed by atoms with Crippen molar-refractivity contribution in [1.82, 2.24) is 10.2 Å². The van der Waals surface area contributed by atoms with Gasteiger partial charge in [-0.1, -0.05) is 0 Å². The Morgan fingerprint density at radius 3 is 2.94 bits per heavy atom. The number of guanidine groups is 1. The van der Waals surface area contributed by atoms with E-state index in [-0.39, 0.29) is 18.4 Å². The van der Waals surface area contributed by atoms with Crippen molar-refractivity contribution < 1.29 is 9.59 Å². The van der Waals surface area contributed by atoms with Crippen LogP contribution < -0.4 is 10.6 Å². The van der Waals surface area contributed by atoms with Gasteiger partial charge < -0.3 is 0 Å². The first-order valence-electron chi connectivity index (χ1n) is 4.59. The van der Waals surface area contributed by atoms with Crippen molar-refractivity contribution in [3.8, 4) is 0 Å². The molecule has 2 heterocycles. The molecule has 1 aliphatic rings. The molecule has 1 aromatic heterocycles. The highest BCUT2D eigenvalue weighted by Crippen LogP contribution is 2.14. The Balaban J connectivity index is 1.91. The number of carbonyl (C=O) groups excluding carboxylic acids is 2. The summed E-state index contributed by atoms with van der Waals surface area (Å²) in [4.78, 5) is 27.8. The molecule has 7 heteroatoms. The van der Waals surface area contributed by atoms with Crippen LogP contribution in [0.4, 0.5) is 9.80 Å². The minimum Gasteiger partial charge on any atom is -0.299 e. The van der Waals surface area contributed by atoms with Gasteiger partial charge in [-0.3, -0.25) is 20.3 Å². The highest BCUT2D eigenvalue weighted by Gasteiger charge is 2.22. The number of carbonyl (C=O) groups is 2. The van der Waals surface area contributed by atoms with E-state index in [1.165, 1.54) is 16.2 Å². The third-order valence-electron chi connectivity index (χ3n) is 2.04. The van der Waals surface area contributed by atoms with E-state index in [1.807, 2.05) is 11.4 Å².